The van der Waals surface area contributed by atoms with Gasteiger partial charge in [-0.05, 0) is 12.8 Å². The Kier molecular flexibility index (Phi) is 3.42. The number of halogens is 4. The molecule has 0 spiro atoms. The van der Waals surface area contributed by atoms with Crippen LogP contribution in [0.25, 0.3) is 0 Å². The van der Waals surface area contributed by atoms with Crippen molar-refractivity contribution in [3.8, 4) is 0 Å². The summed E-state index contributed by atoms with van der Waals surface area (Å²) in [7, 11) is 0. The molecule has 1 fully saturated rings. The number of alkyl halides is 4. The molecule has 0 bridgehead atoms. The van der Waals surface area contributed by atoms with E-state index in [2.05, 4.69) is 4.98 Å². The van der Waals surface area contributed by atoms with E-state index in [1.165, 1.54) is 9.47 Å². The summed E-state index contributed by atoms with van der Waals surface area (Å²) in [6.07, 6.45) is -3.65. The van der Waals surface area contributed by atoms with Crippen LogP contribution >= 0.6 is 0 Å². The van der Waals surface area contributed by atoms with Gasteiger partial charge in [0.25, 0.3) is 0 Å². The summed E-state index contributed by atoms with van der Waals surface area (Å²) in [5, 5.41) is 8.84. The maximum absolute atomic E-state index is 13.6. The van der Waals surface area contributed by atoms with Crippen molar-refractivity contribution in [2.24, 2.45) is 5.92 Å². The smallest absolute Gasteiger partial charge is 0.393 e. The summed E-state index contributed by atoms with van der Waals surface area (Å²) in [5.74, 6) is -0.620. The molecule has 1 aliphatic heterocycles. The summed E-state index contributed by atoms with van der Waals surface area (Å²) in [4.78, 5) is 17.2. The summed E-state index contributed by atoms with van der Waals surface area (Å²) < 4.78 is 52.9. The third-order valence-corrected chi connectivity index (χ3v) is 4.26. The molecule has 1 N–H and O–H groups in total. The minimum absolute atomic E-state index is 0.0101. The van der Waals surface area contributed by atoms with Gasteiger partial charge in [0.1, 0.15) is 11.5 Å². The van der Waals surface area contributed by atoms with Crippen molar-refractivity contribution in [3.05, 3.63) is 17.7 Å². The standard InChI is InChI=1S/C13H15F4N3O2/c14-12(7-21)3-8(4-12)11(22)20-2-1-19-5-9(13(15,16)17)18-10(19)6-20/h5,8,21H,1-4,6-7H2. The molecule has 0 saturated heterocycles. The zero-order chi connectivity index (χ0) is 16.1. The molecule has 1 aliphatic carbocycles. The van der Waals surface area contributed by atoms with E-state index in [0.717, 1.165) is 6.20 Å². The first-order valence-corrected chi connectivity index (χ1v) is 6.94. The van der Waals surface area contributed by atoms with E-state index in [1.807, 2.05) is 0 Å². The van der Waals surface area contributed by atoms with Crippen LogP contribution in [0.5, 0.6) is 0 Å². The summed E-state index contributed by atoms with van der Waals surface area (Å²) in [6.45, 7) is -0.119. The van der Waals surface area contributed by atoms with Crippen LogP contribution in [0, 0.1) is 5.92 Å². The number of rotatable bonds is 2. The lowest BCUT2D eigenvalue weighted by molar-refractivity contribution is -0.148. The van der Waals surface area contributed by atoms with Crippen LogP contribution in [0.15, 0.2) is 6.20 Å². The number of aliphatic hydroxyl groups excluding tert-OH is 1. The predicted molar refractivity (Wildman–Crippen MR) is 66.3 cm³/mol. The van der Waals surface area contributed by atoms with Gasteiger partial charge in [-0.25, -0.2) is 9.37 Å². The van der Waals surface area contributed by atoms with Gasteiger partial charge in [0.2, 0.25) is 5.91 Å². The zero-order valence-corrected chi connectivity index (χ0v) is 11.6. The van der Waals surface area contributed by atoms with Crippen LogP contribution in [0.1, 0.15) is 24.4 Å². The maximum Gasteiger partial charge on any atom is 0.434 e. The van der Waals surface area contributed by atoms with Crippen LogP contribution in [0.2, 0.25) is 0 Å². The normalized spacial score (nSPS) is 28.2. The lowest BCUT2D eigenvalue weighted by Gasteiger charge is -2.42. The monoisotopic (exact) mass is 321 g/mol. The van der Waals surface area contributed by atoms with Crippen molar-refractivity contribution in [3.63, 3.8) is 0 Å². The van der Waals surface area contributed by atoms with E-state index in [0.29, 0.717) is 0 Å². The van der Waals surface area contributed by atoms with E-state index in [1.54, 1.807) is 0 Å². The fraction of sp³-hybridized carbons (Fsp3) is 0.692. The molecule has 3 rings (SSSR count). The lowest BCUT2D eigenvalue weighted by atomic mass is 9.72. The van der Waals surface area contributed by atoms with Gasteiger partial charge in [-0.3, -0.25) is 4.79 Å². The second-order valence-corrected chi connectivity index (χ2v) is 5.91. The Morgan fingerprint density at radius 3 is 2.68 bits per heavy atom. The Balaban J connectivity index is 1.67. The number of fused-ring (bicyclic) bond motifs is 1. The SMILES string of the molecule is O=C(C1CC(F)(CO)C1)N1CCn2cc(C(F)(F)F)nc2C1. The molecular formula is C13H15F4N3O2. The Morgan fingerprint density at radius 2 is 2.09 bits per heavy atom. The van der Waals surface area contributed by atoms with Crippen molar-refractivity contribution in [1.82, 2.24) is 14.5 Å². The highest BCUT2D eigenvalue weighted by Gasteiger charge is 2.49. The van der Waals surface area contributed by atoms with Crippen molar-refractivity contribution >= 4 is 5.91 Å². The van der Waals surface area contributed by atoms with Crippen molar-refractivity contribution < 1.29 is 27.5 Å². The maximum atomic E-state index is 13.6. The van der Waals surface area contributed by atoms with Gasteiger partial charge in [0.15, 0.2) is 5.69 Å². The van der Waals surface area contributed by atoms with E-state index < -0.39 is 30.1 Å². The topological polar surface area (TPSA) is 58.4 Å². The second kappa shape index (κ2) is 4.94. The first-order chi connectivity index (χ1) is 10.2. The van der Waals surface area contributed by atoms with E-state index in [9.17, 15) is 22.4 Å². The predicted octanol–water partition coefficient (Wildman–Crippen LogP) is 1.35. The highest BCUT2D eigenvalue weighted by molar-refractivity contribution is 5.80. The van der Waals surface area contributed by atoms with Gasteiger partial charge < -0.3 is 14.6 Å². The molecule has 0 aromatic carbocycles. The number of nitrogens with zero attached hydrogens (tertiary/aromatic N) is 3. The van der Waals surface area contributed by atoms with Gasteiger partial charge in [-0.2, -0.15) is 13.2 Å². The fourth-order valence-corrected chi connectivity index (χ4v) is 2.96. The Hall–Kier alpha value is -1.64. The fourth-order valence-electron chi connectivity index (χ4n) is 2.96. The van der Waals surface area contributed by atoms with Crippen LogP contribution in [-0.4, -0.2) is 44.3 Å². The molecule has 1 aromatic heterocycles. The van der Waals surface area contributed by atoms with Gasteiger partial charge in [-0.15, -0.1) is 0 Å². The second-order valence-electron chi connectivity index (χ2n) is 5.91. The minimum Gasteiger partial charge on any atom is -0.393 e. The van der Waals surface area contributed by atoms with Crippen LogP contribution in [0.4, 0.5) is 17.6 Å². The number of carbonyl (C=O) groups excluding carboxylic acids is 1. The van der Waals surface area contributed by atoms with Crippen molar-refractivity contribution in [2.75, 3.05) is 13.2 Å². The number of aliphatic hydroxyl groups is 1. The Morgan fingerprint density at radius 1 is 1.41 bits per heavy atom. The highest BCUT2D eigenvalue weighted by atomic mass is 19.4. The third-order valence-electron chi connectivity index (χ3n) is 4.26. The number of hydrogen-bond acceptors (Lipinski definition) is 3. The number of amides is 1. The highest BCUT2D eigenvalue weighted by Crippen LogP contribution is 2.42. The van der Waals surface area contributed by atoms with Gasteiger partial charge >= 0.3 is 6.18 Å². The summed E-state index contributed by atoms with van der Waals surface area (Å²) >= 11 is 0. The number of hydrogen-bond donors (Lipinski definition) is 1. The average Bonchev–Trinajstić information content (AvgIpc) is 2.86. The molecule has 0 radical (unpaired) electrons. The Labute approximate surface area is 123 Å². The molecule has 2 heterocycles. The van der Waals surface area contributed by atoms with E-state index in [4.69, 9.17) is 5.11 Å². The van der Waals surface area contributed by atoms with Gasteiger partial charge in [0.05, 0.1) is 13.2 Å². The average molecular weight is 321 g/mol. The van der Waals surface area contributed by atoms with Gasteiger partial charge in [-0.1, -0.05) is 0 Å². The van der Waals surface area contributed by atoms with Crippen LogP contribution in [0.3, 0.4) is 0 Å². The summed E-state index contributed by atoms with van der Waals surface area (Å²) in [5.41, 5.74) is -2.67. The number of carbonyl (C=O) groups is 1. The van der Waals surface area contributed by atoms with Gasteiger partial charge in [0, 0.05) is 25.2 Å². The molecule has 9 heteroatoms. The number of aromatic nitrogens is 2. The van der Waals surface area contributed by atoms with Crippen LogP contribution in [-0.2, 0) is 24.1 Å². The largest absolute Gasteiger partial charge is 0.434 e. The minimum atomic E-state index is -4.51. The molecule has 5 nitrogen and oxygen atoms in total. The first kappa shape index (κ1) is 15.3. The third kappa shape index (κ3) is 2.57. The van der Waals surface area contributed by atoms with E-state index >= 15 is 0 Å². The zero-order valence-electron chi connectivity index (χ0n) is 11.6. The molecule has 22 heavy (non-hydrogen) atoms. The van der Waals surface area contributed by atoms with Crippen LogP contribution < -0.4 is 0 Å². The molecule has 2 aliphatic rings. The first-order valence-electron chi connectivity index (χ1n) is 6.94. The molecular weight excluding hydrogens is 306 g/mol. The number of imidazole rings is 1. The van der Waals surface area contributed by atoms with E-state index in [-0.39, 0.29) is 44.2 Å². The molecule has 122 valence electrons. The molecule has 1 amide bonds. The molecule has 0 atom stereocenters. The molecule has 0 unspecified atom stereocenters. The molecule has 1 aromatic rings. The van der Waals surface area contributed by atoms with Crippen molar-refractivity contribution in [2.45, 2.75) is 37.8 Å². The quantitative estimate of drug-likeness (QED) is 0.837. The summed E-state index contributed by atoms with van der Waals surface area (Å²) in [6, 6.07) is 0. The molecule has 1 saturated carbocycles. The Bertz CT molecular complexity index is 593. The van der Waals surface area contributed by atoms with Crippen molar-refractivity contribution in [1.29, 1.82) is 0 Å². The lowest BCUT2D eigenvalue weighted by Crippen LogP contribution is -2.51.